The van der Waals surface area contributed by atoms with Gasteiger partial charge in [0.05, 0.1) is 17.9 Å². The molecule has 4 rings (SSSR count). The van der Waals surface area contributed by atoms with Crippen molar-refractivity contribution in [3.63, 3.8) is 0 Å². The van der Waals surface area contributed by atoms with Gasteiger partial charge in [0.2, 0.25) is 18.0 Å². The number of aromatic nitrogens is 2. The Morgan fingerprint density at radius 2 is 1.41 bits per heavy atom. The number of furan rings is 1. The summed E-state index contributed by atoms with van der Waals surface area (Å²) in [4.78, 5) is 97.5. The largest absolute Gasteiger partial charge is 0.463 e. The van der Waals surface area contributed by atoms with Gasteiger partial charge in [-0.05, 0) is 13.0 Å². The summed E-state index contributed by atoms with van der Waals surface area (Å²) in [5.41, 5.74) is 0.363. The zero-order chi connectivity index (χ0) is 43.7. The van der Waals surface area contributed by atoms with Crippen LogP contribution in [0.15, 0.2) is 25.2 Å². The van der Waals surface area contributed by atoms with Crippen LogP contribution in [0, 0.1) is 6.92 Å². The van der Waals surface area contributed by atoms with Crippen molar-refractivity contribution in [2.75, 3.05) is 19.0 Å². The molecular weight excluding hydrogens is 812 g/mol. The highest BCUT2D eigenvalue weighted by Gasteiger charge is 2.52. The zero-order valence-electron chi connectivity index (χ0n) is 33.3. The minimum atomic E-state index is -1.86. The second-order valence-corrected chi connectivity index (χ2v) is 13.7. The van der Waals surface area contributed by atoms with Gasteiger partial charge in [-0.1, -0.05) is 11.8 Å². The lowest BCUT2D eigenvalue weighted by Gasteiger charge is -2.37. The summed E-state index contributed by atoms with van der Waals surface area (Å²) < 4.78 is 60.9. The topological polar surface area (TPSA) is 287 Å². The first-order valence-corrected chi connectivity index (χ1v) is 18.6. The Labute approximate surface area is 339 Å². The number of esters is 7. The van der Waals surface area contributed by atoms with E-state index in [-0.39, 0.29) is 35.1 Å². The molecule has 0 bridgehead atoms. The van der Waals surface area contributed by atoms with Crippen molar-refractivity contribution < 1.29 is 89.8 Å². The Hall–Kier alpha value is -6.04. The van der Waals surface area contributed by atoms with Crippen LogP contribution in [0.4, 0.5) is 0 Å². The number of hydrogen-bond acceptors (Lipinski definition) is 23. The summed E-state index contributed by atoms with van der Waals surface area (Å²) in [6.07, 6.45) is -11.6. The fraction of sp³-hybridized carbons (Fsp3) is 0.571. The van der Waals surface area contributed by atoms with Crippen LogP contribution in [-0.4, -0.2) is 131 Å². The monoisotopic (exact) mass is 854 g/mol. The van der Waals surface area contributed by atoms with Crippen LogP contribution >= 0.6 is 11.8 Å². The van der Waals surface area contributed by atoms with Crippen LogP contribution < -0.4 is 0 Å². The number of hydrogen-bond donors (Lipinski definition) is 0. The first kappa shape index (κ1) is 45.7. The molecule has 0 spiro atoms. The van der Waals surface area contributed by atoms with Gasteiger partial charge in [-0.25, -0.2) is 0 Å². The van der Waals surface area contributed by atoms with Gasteiger partial charge in [0.1, 0.15) is 18.1 Å². The number of thioether (sulfide) groups is 1. The van der Waals surface area contributed by atoms with Crippen LogP contribution in [0.1, 0.15) is 73.0 Å². The highest BCUT2D eigenvalue weighted by Crippen LogP contribution is 2.38. The van der Waals surface area contributed by atoms with E-state index < -0.39 is 103 Å². The lowest BCUT2D eigenvalue weighted by molar-refractivity contribution is -0.216. The minimum Gasteiger partial charge on any atom is -0.463 e. The Kier molecular flexibility index (Phi) is 15.5. The molecule has 1 unspecified atom stereocenters. The predicted molar refractivity (Wildman–Crippen MR) is 191 cm³/mol. The molecule has 0 radical (unpaired) electrons. The zero-order valence-corrected chi connectivity index (χ0v) is 34.1. The van der Waals surface area contributed by atoms with E-state index in [1.54, 1.807) is 13.0 Å². The Bertz CT molecular complexity index is 1960. The fourth-order valence-corrected chi connectivity index (χ4v) is 6.49. The van der Waals surface area contributed by atoms with Gasteiger partial charge in [-0.2, -0.15) is 5.01 Å². The summed E-state index contributed by atoms with van der Waals surface area (Å²) in [5.74, 6) is -6.32. The first-order chi connectivity index (χ1) is 27.7. The summed E-state index contributed by atoms with van der Waals surface area (Å²) in [6, 6.07) is 1.55. The van der Waals surface area contributed by atoms with Crippen molar-refractivity contribution in [2.45, 2.75) is 116 Å². The van der Waals surface area contributed by atoms with E-state index in [0.29, 0.717) is 11.3 Å². The number of carbonyl (C=O) groups is 8. The Morgan fingerprint density at radius 3 is 1.98 bits per heavy atom. The van der Waals surface area contributed by atoms with Gasteiger partial charge in [0.15, 0.2) is 42.7 Å². The third kappa shape index (κ3) is 12.5. The maximum absolute atomic E-state index is 12.9. The number of carbonyl (C=O) groups excluding carboxylic acids is 8. The van der Waals surface area contributed by atoms with Crippen LogP contribution in [0.2, 0.25) is 0 Å². The number of amides is 1. The van der Waals surface area contributed by atoms with Crippen LogP contribution in [-0.2, 0) is 81.0 Å². The van der Waals surface area contributed by atoms with Crippen molar-refractivity contribution >= 4 is 65.4 Å². The average Bonchev–Trinajstić information content (AvgIpc) is 3.92. The fourth-order valence-electron chi connectivity index (χ4n) is 5.88. The average molecular weight is 855 g/mol. The van der Waals surface area contributed by atoms with Crippen LogP contribution in [0.3, 0.4) is 0 Å². The van der Waals surface area contributed by atoms with E-state index in [0.717, 1.165) is 58.3 Å². The van der Waals surface area contributed by atoms with Crippen molar-refractivity contribution in [1.82, 2.24) is 15.2 Å². The molecule has 2 aliphatic heterocycles. The first-order valence-electron chi connectivity index (χ1n) is 17.6. The smallest absolute Gasteiger partial charge is 0.303 e. The lowest BCUT2D eigenvalue weighted by Crippen LogP contribution is -2.59. The van der Waals surface area contributed by atoms with E-state index in [2.05, 4.69) is 15.3 Å². The molecule has 59 heavy (non-hydrogen) atoms. The van der Waals surface area contributed by atoms with Crippen LogP contribution in [0.25, 0.3) is 11.5 Å². The van der Waals surface area contributed by atoms with Gasteiger partial charge in [-0.15, -0.1) is 15.3 Å². The van der Waals surface area contributed by atoms with Crippen molar-refractivity contribution in [3.8, 4) is 11.5 Å². The van der Waals surface area contributed by atoms with Crippen molar-refractivity contribution in [2.24, 2.45) is 5.10 Å². The number of rotatable bonds is 17. The summed E-state index contributed by atoms with van der Waals surface area (Å²) in [7, 11) is 0. The molecule has 0 aromatic carbocycles. The molecule has 0 aliphatic carbocycles. The maximum atomic E-state index is 12.9. The van der Waals surface area contributed by atoms with E-state index in [4.69, 9.17) is 51.5 Å². The molecule has 2 aromatic heterocycles. The summed E-state index contributed by atoms with van der Waals surface area (Å²) in [6.45, 7) is 9.45. The second kappa shape index (κ2) is 20.1. The van der Waals surface area contributed by atoms with Crippen molar-refractivity contribution in [3.05, 3.63) is 17.6 Å². The van der Waals surface area contributed by atoms with Gasteiger partial charge in [0.25, 0.3) is 11.1 Å². The quantitative estimate of drug-likeness (QED) is 0.124. The molecule has 0 N–H and O–H groups in total. The molecule has 24 heteroatoms. The predicted octanol–water partition coefficient (Wildman–Crippen LogP) is 1.47. The molecule has 2 aromatic rings. The lowest BCUT2D eigenvalue weighted by atomic mass is 10.00. The van der Waals surface area contributed by atoms with Gasteiger partial charge in [-0.3, -0.25) is 38.4 Å². The molecule has 1 amide bonds. The molecule has 23 nitrogen and oxygen atoms in total. The summed E-state index contributed by atoms with van der Waals surface area (Å²) >= 11 is 0.917. The third-order valence-corrected chi connectivity index (χ3v) is 8.71. The van der Waals surface area contributed by atoms with Gasteiger partial charge in [0, 0.05) is 55.4 Å². The molecular formula is C35H42N4O19S. The molecule has 4 heterocycles. The van der Waals surface area contributed by atoms with E-state index in [1.807, 2.05) is 0 Å². The molecule has 8 atom stereocenters. The molecule has 0 saturated carbocycles. The number of aryl methyl sites for hydroxylation is 1. The molecule has 1 fully saturated rings. The molecule has 2 aliphatic rings. The summed E-state index contributed by atoms with van der Waals surface area (Å²) in [5, 5.41) is 13.1. The Morgan fingerprint density at radius 1 is 0.780 bits per heavy atom. The third-order valence-electron chi connectivity index (χ3n) is 7.91. The SMILES string of the molecule is CC(=O)OC[C@@H](OC(C)=O)[C@H](OC(C)=O)[C@H](OC(C)=O)[C@@H](OC(C)=O)C1OC(CSc2nnc(-c3cc([C@@H]4OC[C@@H](OC(C)=O)[C@H]4OC(C)=O)oc3C)o2)=NN1C(C)=O. The number of hydrazone groups is 1. The van der Waals surface area contributed by atoms with Crippen molar-refractivity contribution in [1.29, 1.82) is 0 Å². The molecule has 322 valence electrons. The van der Waals surface area contributed by atoms with Crippen LogP contribution in [0.5, 0.6) is 0 Å². The second-order valence-electron chi connectivity index (χ2n) is 12.8. The van der Waals surface area contributed by atoms with E-state index in [1.165, 1.54) is 13.8 Å². The highest BCUT2D eigenvalue weighted by atomic mass is 32.2. The van der Waals surface area contributed by atoms with E-state index in [9.17, 15) is 38.4 Å². The maximum Gasteiger partial charge on any atom is 0.303 e. The normalized spacial score (nSPS) is 20.5. The Balaban J connectivity index is 1.58. The number of nitrogens with zero attached hydrogens (tertiary/aromatic N) is 4. The number of ether oxygens (including phenoxy) is 9. The highest BCUT2D eigenvalue weighted by molar-refractivity contribution is 7.99. The van der Waals surface area contributed by atoms with Gasteiger partial charge >= 0.3 is 41.8 Å². The van der Waals surface area contributed by atoms with E-state index >= 15 is 0 Å². The minimum absolute atomic E-state index is 0.00459. The molecule has 1 saturated heterocycles. The standard InChI is InChI=1S/C35H42N4O19S/c1-14-23(10-24(50-14)28-29(53-19(6)44)26(12-49-28)52-18(5)43)33-36-37-35(58-33)59-13-27-38-39(15(2)40)34(57-27)32(56-22(9)47)31(55-21(8)46)30(54-20(7)45)25(51-17(4)42)11-48-16(3)41/h10,25-26,28-32,34H,11-13H2,1-9H3/t25-,26-,28+,29-,30+,31+,32-,34?/m1/s1. The van der Waals surface area contributed by atoms with Gasteiger partial charge < -0.3 is 51.5 Å².